The van der Waals surface area contributed by atoms with Crippen LogP contribution in [-0.4, -0.2) is 68.5 Å². The summed E-state index contributed by atoms with van der Waals surface area (Å²) in [4.78, 5) is 25.3. The van der Waals surface area contributed by atoms with E-state index >= 15 is 0 Å². The van der Waals surface area contributed by atoms with Gasteiger partial charge in [0, 0.05) is 6.42 Å². The highest BCUT2D eigenvalue weighted by molar-refractivity contribution is 7.45. The second-order valence-electron chi connectivity index (χ2n) is 19.2. The fraction of sp³-hybridized carbons (Fsp3) is 0.941. The lowest BCUT2D eigenvalue weighted by atomic mass is 10.0. The molecule has 0 aliphatic heterocycles. The number of nitrogens with zero attached hydrogens (tertiary/aromatic N) is 1. The molecule has 2 N–H and O–H groups in total. The minimum atomic E-state index is -4.58. The molecule has 0 radical (unpaired) electrons. The largest absolute Gasteiger partial charge is 0.756 e. The van der Waals surface area contributed by atoms with Crippen LogP contribution < -0.4 is 10.2 Å². The Balaban J connectivity index is 4.01. The zero-order valence-electron chi connectivity index (χ0n) is 40.7. The van der Waals surface area contributed by atoms with Gasteiger partial charge in [0.05, 0.1) is 39.9 Å². The molecule has 9 heteroatoms. The SMILES string of the molecule is CCCCCCCCCC/C=C/[C@@H](O)[C@H](COP(=O)([O-])OCC[N+](C)(C)C)NC(=O)CCCCCCCCCCCCCCCCCCCCCCCCCCCCCC. The average molecular weight is 871 g/mol. The molecule has 0 aliphatic rings. The van der Waals surface area contributed by atoms with Crippen molar-refractivity contribution in [3.8, 4) is 0 Å². The Morgan fingerprint density at radius 2 is 0.900 bits per heavy atom. The Morgan fingerprint density at radius 1 is 0.567 bits per heavy atom. The number of carbonyl (C=O) groups is 1. The van der Waals surface area contributed by atoms with Crippen LogP contribution in [-0.2, 0) is 18.4 Å². The molecule has 1 amide bonds. The minimum Gasteiger partial charge on any atom is -0.756 e. The first-order valence-corrected chi connectivity index (χ1v) is 27.5. The maximum Gasteiger partial charge on any atom is 0.268 e. The molecule has 0 aliphatic carbocycles. The monoisotopic (exact) mass is 871 g/mol. The third-order valence-corrected chi connectivity index (χ3v) is 13.0. The third kappa shape index (κ3) is 45.3. The van der Waals surface area contributed by atoms with Crippen LogP contribution in [0.4, 0.5) is 0 Å². The zero-order valence-corrected chi connectivity index (χ0v) is 41.6. The summed E-state index contributed by atoms with van der Waals surface area (Å²) in [6.07, 6.45) is 51.5. The number of aliphatic hydroxyl groups is 1. The van der Waals surface area contributed by atoms with E-state index in [2.05, 4.69) is 19.2 Å². The van der Waals surface area contributed by atoms with Crippen LogP contribution >= 0.6 is 7.82 Å². The van der Waals surface area contributed by atoms with Gasteiger partial charge in [-0.2, -0.15) is 0 Å². The van der Waals surface area contributed by atoms with Crippen LogP contribution in [0.3, 0.4) is 0 Å². The summed E-state index contributed by atoms with van der Waals surface area (Å²) >= 11 is 0. The molecule has 0 spiro atoms. The number of hydrogen-bond acceptors (Lipinski definition) is 6. The number of unbranched alkanes of at least 4 members (excludes halogenated alkanes) is 35. The summed E-state index contributed by atoms with van der Waals surface area (Å²) in [5.41, 5.74) is 0. The van der Waals surface area contributed by atoms with Crippen molar-refractivity contribution in [1.29, 1.82) is 0 Å². The first kappa shape index (κ1) is 59.2. The molecular formula is C51H103N2O6P. The molecule has 0 saturated heterocycles. The molecule has 0 aromatic carbocycles. The second kappa shape index (κ2) is 43.5. The van der Waals surface area contributed by atoms with Gasteiger partial charge in [-0.1, -0.05) is 244 Å². The number of phosphoric acid groups is 1. The van der Waals surface area contributed by atoms with Gasteiger partial charge in [0.1, 0.15) is 13.2 Å². The number of hydrogen-bond donors (Lipinski definition) is 2. The van der Waals surface area contributed by atoms with E-state index in [4.69, 9.17) is 9.05 Å². The lowest BCUT2D eigenvalue weighted by molar-refractivity contribution is -0.870. The van der Waals surface area contributed by atoms with E-state index in [1.807, 2.05) is 27.2 Å². The van der Waals surface area contributed by atoms with Crippen molar-refractivity contribution in [2.75, 3.05) is 40.9 Å². The van der Waals surface area contributed by atoms with E-state index in [1.54, 1.807) is 6.08 Å². The number of carbonyl (C=O) groups excluding carboxylic acids is 1. The summed E-state index contributed by atoms with van der Waals surface area (Å²) in [6.45, 7) is 4.65. The van der Waals surface area contributed by atoms with Crippen molar-refractivity contribution >= 4 is 13.7 Å². The van der Waals surface area contributed by atoms with Gasteiger partial charge >= 0.3 is 0 Å². The minimum absolute atomic E-state index is 0.00200. The summed E-state index contributed by atoms with van der Waals surface area (Å²) in [5.74, 6) is -0.194. The summed E-state index contributed by atoms with van der Waals surface area (Å²) in [6, 6.07) is -0.879. The van der Waals surface area contributed by atoms with Crippen molar-refractivity contribution in [1.82, 2.24) is 5.32 Å². The number of quaternary nitrogens is 1. The van der Waals surface area contributed by atoms with E-state index in [-0.39, 0.29) is 19.1 Å². The number of allylic oxidation sites excluding steroid dienone is 1. The maximum atomic E-state index is 12.9. The standard InChI is InChI=1S/C51H103N2O6P/c1-6-8-10-12-14-16-18-19-20-21-22-23-24-25-26-27-28-29-30-31-32-33-34-35-37-39-41-43-45-51(55)52-49(48-59-60(56,57)58-47-46-53(3,4)5)50(54)44-42-40-38-36-17-15-13-11-9-7-2/h42,44,49-50,54H,6-41,43,45-48H2,1-5H3,(H-,52,55,56,57)/b44-42+/t49-,50+/m0/s1. The molecule has 3 atom stereocenters. The summed E-state index contributed by atoms with van der Waals surface area (Å²) in [5, 5.41) is 13.8. The van der Waals surface area contributed by atoms with Crippen LogP contribution in [0, 0.1) is 0 Å². The highest BCUT2D eigenvalue weighted by Crippen LogP contribution is 2.38. The van der Waals surface area contributed by atoms with Crippen LogP contribution in [0.5, 0.6) is 0 Å². The molecule has 8 nitrogen and oxygen atoms in total. The highest BCUT2D eigenvalue weighted by atomic mass is 31.2. The number of likely N-dealkylation sites (N-methyl/N-ethyl adjacent to an activating group) is 1. The first-order valence-electron chi connectivity index (χ1n) is 26.1. The highest BCUT2D eigenvalue weighted by Gasteiger charge is 2.23. The molecule has 0 saturated carbocycles. The topological polar surface area (TPSA) is 108 Å². The van der Waals surface area contributed by atoms with Crippen molar-refractivity contribution in [3.05, 3.63) is 12.2 Å². The maximum absolute atomic E-state index is 12.9. The number of amides is 1. The quantitative estimate of drug-likeness (QED) is 0.0273. The van der Waals surface area contributed by atoms with Crippen LogP contribution in [0.15, 0.2) is 12.2 Å². The van der Waals surface area contributed by atoms with Crippen LogP contribution in [0.25, 0.3) is 0 Å². The lowest BCUT2D eigenvalue weighted by Crippen LogP contribution is -2.45. The van der Waals surface area contributed by atoms with E-state index < -0.39 is 20.0 Å². The first-order chi connectivity index (χ1) is 29.0. The molecule has 0 bridgehead atoms. The molecule has 60 heavy (non-hydrogen) atoms. The van der Waals surface area contributed by atoms with Crippen molar-refractivity contribution in [2.24, 2.45) is 0 Å². The number of phosphoric ester groups is 1. The van der Waals surface area contributed by atoms with Crippen LogP contribution in [0.2, 0.25) is 0 Å². The van der Waals surface area contributed by atoms with Gasteiger partial charge in [-0.3, -0.25) is 9.36 Å². The molecule has 1 unspecified atom stereocenters. The van der Waals surface area contributed by atoms with E-state index in [0.717, 1.165) is 38.5 Å². The Morgan fingerprint density at radius 3 is 1.25 bits per heavy atom. The molecule has 0 heterocycles. The van der Waals surface area contributed by atoms with Gasteiger partial charge in [0.2, 0.25) is 5.91 Å². The molecule has 0 fully saturated rings. The molecule has 358 valence electrons. The van der Waals surface area contributed by atoms with E-state index in [1.165, 1.54) is 199 Å². The van der Waals surface area contributed by atoms with Gasteiger partial charge in [0.25, 0.3) is 7.82 Å². The summed E-state index contributed by atoms with van der Waals surface area (Å²) < 4.78 is 23.2. The van der Waals surface area contributed by atoms with Crippen molar-refractivity contribution in [3.63, 3.8) is 0 Å². The van der Waals surface area contributed by atoms with E-state index in [0.29, 0.717) is 17.4 Å². The van der Waals surface area contributed by atoms with Gasteiger partial charge in [-0.25, -0.2) is 0 Å². The Bertz CT molecular complexity index is 989. The predicted molar refractivity (Wildman–Crippen MR) is 256 cm³/mol. The Hall–Kier alpha value is -0.760. The molecule has 0 aromatic heterocycles. The van der Waals surface area contributed by atoms with Crippen molar-refractivity contribution in [2.45, 2.75) is 270 Å². The normalized spacial score (nSPS) is 14.2. The predicted octanol–water partition coefficient (Wildman–Crippen LogP) is 14.5. The third-order valence-electron chi connectivity index (χ3n) is 12.0. The summed E-state index contributed by atoms with van der Waals surface area (Å²) in [7, 11) is 1.27. The molecule has 0 rings (SSSR count). The number of nitrogens with one attached hydrogen (secondary N) is 1. The fourth-order valence-corrected chi connectivity index (χ4v) is 8.58. The van der Waals surface area contributed by atoms with Gasteiger partial charge in [-0.05, 0) is 19.3 Å². The fourth-order valence-electron chi connectivity index (χ4n) is 7.86. The second-order valence-corrected chi connectivity index (χ2v) is 20.7. The van der Waals surface area contributed by atoms with Crippen LogP contribution in [0.1, 0.15) is 258 Å². The zero-order chi connectivity index (χ0) is 44.3. The van der Waals surface area contributed by atoms with Gasteiger partial charge in [0.15, 0.2) is 0 Å². The van der Waals surface area contributed by atoms with Gasteiger partial charge < -0.3 is 28.8 Å². The smallest absolute Gasteiger partial charge is 0.268 e. The van der Waals surface area contributed by atoms with Crippen molar-refractivity contribution < 1.29 is 32.9 Å². The van der Waals surface area contributed by atoms with E-state index in [9.17, 15) is 19.4 Å². The average Bonchev–Trinajstić information content (AvgIpc) is 3.20. The Kier molecular flexibility index (Phi) is 42.9. The molecule has 0 aromatic rings. The molecular weight excluding hydrogens is 768 g/mol. The lowest BCUT2D eigenvalue weighted by Gasteiger charge is -2.29. The Labute approximate surface area is 373 Å². The van der Waals surface area contributed by atoms with Gasteiger partial charge in [-0.15, -0.1) is 0 Å². The number of rotatable bonds is 48. The number of aliphatic hydroxyl groups excluding tert-OH is 1.